The van der Waals surface area contributed by atoms with Crippen molar-refractivity contribution in [3.8, 4) is 0 Å². The second-order valence-electron chi connectivity index (χ2n) is 6.15. The first-order valence-corrected chi connectivity index (χ1v) is 11.5. The van der Waals surface area contributed by atoms with Crippen LogP contribution < -0.4 is 4.46 Å². The summed E-state index contributed by atoms with van der Waals surface area (Å²) < 4.78 is 27.5. The van der Waals surface area contributed by atoms with Crippen molar-refractivity contribution in [2.75, 3.05) is 0 Å². The van der Waals surface area contributed by atoms with Crippen molar-refractivity contribution >= 4 is 29.3 Å². The molecule has 0 aliphatic heterocycles. The van der Waals surface area contributed by atoms with E-state index in [-0.39, 0.29) is 25.0 Å². The topological polar surface area (TPSA) is 34.1 Å². The Morgan fingerprint density at radius 2 is 1.57 bits per heavy atom. The van der Waals surface area contributed by atoms with Crippen molar-refractivity contribution in [3.63, 3.8) is 0 Å². The van der Waals surface area contributed by atoms with Gasteiger partial charge in [-0.2, -0.15) is 0 Å². The Kier molecular flexibility index (Phi) is 5.25. The molecule has 0 N–H and O–H groups in total. The second-order valence-corrected chi connectivity index (χ2v) is 11.1. The molecule has 0 bridgehead atoms. The molecule has 2 atom stereocenters. The van der Waals surface area contributed by atoms with Crippen molar-refractivity contribution in [2.45, 2.75) is 47.6 Å². The van der Waals surface area contributed by atoms with Crippen LogP contribution in [0.15, 0.2) is 59.5 Å². The van der Waals surface area contributed by atoms with Crippen molar-refractivity contribution < 1.29 is 8.42 Å². The summed E-state index contributed by atoms with van der Waals surface area (Å²) >= 11 is 0.212. The van der Waals surface area contributed by atoms with Crippen LogP contribution in [-0.2, 0) is 9.84 Å². The van der Waals surface area contributed by atoms with E-state index in [0.29, 0.717) is 4.90 Å². The fourth-order valence-corrected chi connectivity index (χ4v) is 8.81. The van der Waals surface area contributed by atoms with E-state index in [1.54, 1.807) is 12.1 Å². The standard InChI is InChI=1S/C19H22O2SSe/c1-15-11-13-16(14-12-15)22(20,21)18-9-5-6-10-19(18)23-17-7-3-2-4-8-17/h2-4,7-8,11-14,18-19H,5-6,9-10H2,1H3/t18-,19-/m1/s1. The Morgan fingerprint density at radius 1 is 0.913 bits per heavy atom. The van der Waals surface area contributed by atoms with E-state index in [4.69, 9.17) is 0 Å². The second kappa shape index (κ2) is 7.21. The van der Waals surface area contributed by atoms with Gasteiger partial charge < -0.3 is 0 Å². The van der Waals surface area contributed by atoms with Crippen LogP contribution in [0.1, 0.15) is 31.2 Å². The molecule has 1 saturated carbocycles. The van der Waals surface area contributed by atoms with Gasteiger partial charge >= 0.3 is 145 Å². The molecule has 0 spiro atoms. The van der Waals surface area contributed by atoms with Gasteiger partial charge in [0.15, 0.2) is 0 Å². The monoisotopic (exact) mass is 394 g/mol. The predicted molar refractivity (Wildman–Crippen MR) is 96.2 cm³/mol. The molecule has 0 amide bonds. The molecule has 2 aromatic rings. The third-order valence-corrected chi connectivity index (χ3v) is 10.1. The van der Waals surface area contributed by atoms with Crippen molar-refractivity contribution in [1.82, 2.24) is 0 Å². The van der Waals surface area contributed by atoms with Crippen LogP contribution in [0.5, 0.6) is 0 Å². The zero-order chi connectivity index (χ0) is 16.3. The van der Waals surface area contributed by atoms with Gasteiger partial charge in [0.1, 0.15) is 0 Å². The molecule has 1 fully saturated rings. The van der Waals surface area contributed by atoms with E-state index >= 15 is 0 Å². The Labute approximate surface area is 145 Å². The van der Waals surface area contributed by atoms with Gasteiger partial charge in [-0.3, -0.25) is 0 Å². The average Bonchev–Trinajstić information content (AvgIpc) is 2.56. The van der Waals surface area contributed by atoms with Crippen molar-refractivity contribution in [2.24, 2.45) is 0 Å². The third kappa shape index (κ3) is 3.88. The van der Waals surface area contributed by atoms with Gasteiger partial charge in [-0.05, 0) is 0 Å². The third-order valence-electron chi connectivity index (χ3n) is 4.42. The number of sulfone groups is 1. The van der Waals surface area contributed by atoms with Crippen LogP contribution in [0.3, 0.4) is 0 Å². The van der Waals surface area contributed by atoms with Crippen LogP contribution in [0.4, 0.5) is 0 Å². The Morgan fingerprint density at radius 3 is 2.26 bits per heavy atom. The summed E-state index contributed by atoms with van der Waals surface area (Å²) in [5.74, 6) is 0. The van der Waals surface area contributed by atoms with Crippen LogP contribution in [0.25, 0.3) is 0 Å². The first-order chi connectivity index (χ1) is 11.1. The van der Waals surface area contributed by atoms with Crippen LogP contribution in [-0.4, -0.2) is 28.6 Å². The Hall–Kier alpha value is -1.09. The molecule has 2 nitrogen and oxygen atoms in total. The SMILES string of the molecule is Cc1ccc(S(=O)(=O)[C@@H]2CCCC[C@H]2[Se]c2ccccc2)cc1. The summed E-state index contributed by atoms with van der Waals surface area (Å²) in [7, 11) is -3.23. The number of aryl methyl sites for hydroxylation is 1. The summed E-state index contributed by atoms with van der Waals surface area (Å²) in [4.78, 5) is 0.772. The number of benzene rings is 2. The number of rotatable bonds is 4. The van der Waals surface area contributed by atoms with Gasteiger partial charge in [-0.15, -0.1) is 0 Å². The molecule has 4 heteroatoms. The van der Waals surface area contributed by atoms with E-state index in [1.165, 1.54) is 4.46 Å². The van der Waals surface area contributed by atoms with Crippen LogP contribution in [0.2, 0.25) is 4.82 Å². The quantitative estimate of drug-likeness (QED) is 0.745. The first kappa shape index (κ1) is 16.8. The van der Waals surface area contributed by atoms with Crippen molar-refractivity contribution in [1.29, 1.82) is 0 Å². The van der Waals surface area contributed by atoms with E-state index in [9.17, 15) is 8.42 Å². The maximum atomic E-state index is 13.1. The molecular formula is C19H22O2SSe. The molecule has 2 aromatic carbocycles. The zero-order valence-corrected chi connectivity index (χ0v) is 15.8. The van der Waals surface area contributed by atoms with Crippen molar-refractivity contribution in [3.05, 3.63) is 60.2 Å². The van der Waals surface area contributed by atoms with E-state index < -0.39 is 9.84 Å². The average molecular weight is 393 g/mol. The van der Waals surface area contributed by atoms with Crippen LogP contribution >= 0.6 is 0 Å². The van der Waals surface area contributed by atoms with Gasteiger partial charge in [0.05, 0.1) is 0 Å². The number of hydrogen-bond donors (Lipinski definition) is 0. The molecule has 122 valence electrons. The normalized spacial score (nSPS) is 22.0. The molecule has 0 unspecified atom stereocenters. The fourth-order valence-electron chi connectivity index (χ4n) is 3.13. The van der Waals surface area contributed by atoms with E-state index in [2.05, 4.69) is 12.1 Å². The molecule has 23 heavy (non-hydrogen) atoms. The van der Waals surface area contributed by atoms with Gasteiger partial charge in [0, 0.05) is 0 Å². The van der Waals surface area contributed by atoms with Gasteiger partial charge in [-0.25, -0.2) is 0 Å². The fraction of sp³-hybridized carbons (Fsp3) is 0.368. The molecule has 3 rings (SSSR count). The maximum absolute atomic E-state index is 13.1. The number of hydrogen-bond acceptors (Lipinski definition) is 2. The summed E-state index contributed by atoms with van der Waals surface area (Å²) in [6.45, 7) is 1.98. The summed E-state index contributed by atoms with van der Waals surface area (Å²) in [6.07, 6.45) is 4.01. The molecule has 0 saturated heterocycles. The minimum atomic E-state index is -3.23. The van der Waals surface area contributed by atoms with Gasteiger partial charge in [0.2, 0.25) is 0 Å². The molecule has 0 radical (unpaired) electrons. The molecule has 0 aromatic heterocycles. The van der Waals surface area contributed by atoms with E-state index in [0.717, 1.165) is 31.2 Å². The summed E-state index contributed by atoms with van der Waals surface area (Å²) in [5, 5.41) is -0.223. The summed E-state index contributed by atoms with van der Waals surface area (Å²) in [6, 6.07) is 17.7. The summed E-state index contributed by atoms with van der Waals surface area (Å²) in [5.41, 5.74) is 1.10. The van der Waals surface area contributed by atoms with Gasteiger partial charge in [0.25, 0.3) is 0 Å². The molecular weight excluding hydrogens is 371 g/mol. The Balaban J connectivity index is 1.87. The predicted octanol–water partition coefficient (Wildman–Crippen LogP) is 3.53. The Bertz CT molecular complexity index is 739. The molecule has 1 aliphatic carbocycles. The molecule has 1 aliphatic rings. The first-order valence-electron chi connectivity index (χ1n) is 8.09. The van der Waals surface area contributed by atoms with E-state index in [1.807, 2.05) is 37.3 Å². The minimum absolute atomic E-state index is 0.212. The van der Waals surface area contributed by atoms with Crippen LogP contribution in [0, 0.1) is 6.92 Å². The zero-order valence-electron chi connectivity index (χ0n) is 13.3. The molecule has 0 heterocycles. The van der Waals surface area contributed by atoms with Gasteiger partial charge in [-0.1, -0.05) is 0 Å².